The van der Waals surface area contributed by atoms with E-state index in [-0.39, 0.29) is 0 Å². The summed E-state index contributed by atoms with van der Waals surface area (Å²) in [6.45, 7) is 2.04. The summed E-state index contributed by atoms with van der Waals surface area (Å²) in [5, 5.41) is 7.51. The van der Waals surface area contributed by atoms with Crippen LogP contribution in [0.5, 0.6) is 0 Å². The van der Waals surface area contributed by atoms with E-state index in [9.17, 15) is 0 Å². The van der Waals surface area contributed by atoms with Crippen LogP contribution in [0.1, 0.15) is 32.6 Å². The van der Waals surface area contributed by atoms with Gasteiger partial charge in [-0.15, -0.1) is 0 Å². The molecule has 0 aromatic rings. The third kappa shape index (κ3) is 2.71. The number of hydrogen-bond acceptors (Lipinski definition) is 1. The van der Waals surface area contributed by atoms with Crippen LogP contribution in [0.25, 0.3) is 0 Å². The molecule has 1 rings (SSSR count). The second-order valence-corrected chi connectivity index (χ2v) is 2.93. The van der Waals surface area contributed by atoms with Crippen molar-refractivity contribution in [1.82, 2.24) is 0 Å². The van der Waals surface area contributed by atoms with E-state index in [0.717, 1.165) is 31.4 Å². The van der Waals surface area contributed by atoms with Gasteiger partial charge in [0.25, 0.3) is 0 Å². The Morgan fingerprint density at radius 3 is 3.00 bits per heavy atom. The monoisotopic (exact) mass is 149 g/mol. The van der Waals surface area contributed by atoms with E-state index < -0.39 is 0 Å². The van der Waals surface area contributed by atoms with Gasteiger partial charge in [-0.25, -0.2) is 0 Å². The van der Waals surface area contributed by atoms with Gasteiger partial charge < -0.3 is 5.41 Å². The van der Waals surface area contributed by atoms with Crippen LogP contribution in [0, 0.1) is 5.41 Å². The van der Waals surface area contributed by atoms with E-state index in [2.05, 4.69) is 18.2 Å². The predicted molar refractivity (Wildman–Crippen MR) is 49.1 cm³/mol. The molecule has 1 heteroatoms. The Morgan fingerprint density at radius 2 is 2.45 bits per heavy atom. The molecule has 0 radical (unpaired) electrons. The van der Waals surface area contributed by atoms with Gasteiger partial charge in [0.05, 0.1) is 0 Å². The van der Waals surface area contributed by atoms with Crippen LogP contribution in [0.15, 0.2) is 23.8 Å². The first kappa shape index (κ1) is 8.25. The van der Waals surface area contributed by atoms with E-state index in [4.69, 9.17) is 5.41 Å². The third-order valence-corrected chi connectivity index (χ3v) is 1.97. The average molecular weight is 149 g/mol. The SMILES string of the molecule is CCC(=N)CC1=CC=CCC1. The molecule has 0 unspecified atom stereocenters. The minimum absolute atomic E-state index is 0.853. The van der Waals surface area contributed by atoms with Crippen molar-refractivity contribution < 1.29 is 0 Å². The second kappa shape index (κ2) is 4.12. The van der Waals surface area contributed by atoms with Gasteiger partial charge in [-0.05, 0) is 19.3 Å². The first-order chi connectivity index (χ1) is 5.33. The molecule has 0 atom stereocenters. The maximum Gasteiger partial charge on any atom is 0.0127 e. The molecule has 60 valence electrons. The standard InChI is InChI=1S/C10H15N/c1-2-10(11)8-9-6-4-3-5-7-9/h3-4,6,11H,2,5,7-8H2,1H3. The lowest BCUT2D eigenvalue weighted by atomic mass is 9.99. The molecule has 0 fully saturated rings. The Bertz CT molecular complexity index is 199. The van der Waals surface area contributed by atoms with Crippen molar-refractivity contribution in [3.8, 4) is 0 Å². The summed E-state index contributed by atoms with van der Waals surface area (Å²) in [6, 6.07) is 0. The molecule has 1 N–H and O–H groups in total. The van der Waals surface area contributed by atoms with Crippen LogP contribution in [-0.2, 0) is 0 Å². The van der Waals surface area contributed by atoms with Gasteiger partial charge in [0.15, 0.2) is 0 Å². The van der Waals surface area contributed by atoms with Crippen LogP contribution in [0.3, 0.4) is 0 Å². The van der Waals surface area contributed by atoms with E-state index in [1.165, 1.54) is 5.57 Å². The fourth-order valence-corrected chi connectivity index (χ4v) is 1.20. The summed E-state index contributed by atoms with van der Waals surface area (Å²) < 4.78 is 0. The van der Waals surface area contributed by atoms with Crippen LogP contribution in [0.4, 0.5) is 0 Å². The first-order valence-electron chi connectivity index (χ1n) is 4.23. The highest BCUT2D eigenvalue weighted by atomic mass is 14.4. The molecular weight excluding hydrogens is 134 g/mol. The summed E-state index contributed by atoms with van der Waals surface area (Å²) in [4.78, 5) is 0. The van der Waals surface area contributed by atoms with Crippen molar-refractivity contribution in [1.29, 1.82) is 5.41 Å². The lowest BCUT2D eigenvalue weighted by Crippen LogP contribution is -1.97. The molecule has 1 nitrogen and oxygen atoms in total. The molecule has 0 saturated carbocycles. The maximum absolute atomic E-state index is 7.51. The third-order valence-electron chi connectivity index (χ3n) is 1.97. The van der Waals surface area contributed by atoms with Crippen molar-refractivity contribution >= 4 is 5.71 Å². The average Bonchev–Trinajstić information content (AvgIpc) is 2.06. The lowest BCUT2D eigenvalue weighted by molar-refractivity contribution is 0.926. The highest BCUT2D eigenvalue weighted by Crippen LogP contribution is 2.15. The first-order valence-corrected chi connectivity index (χ1v) is 4.23. The van der Waals surface area contributed by atoms with Crippen LogP contribution < -0.4 is 0 Å². The van der Waals surface area contributed by atoms with Gasteiger partial charge in [0.2, 0.25) is 0 Å². The largest absolute Gasteiger partial charge is 0.309 e. The van der Waals surface area contributed by atoms with Crippen LogP contribution >= 0.6 is 0 Å². The second-order valence-electron chi connectivity index (χ2n) is 2.93. The Hall–Kier alpha value is -0.850. The highest BCUT2D eigenvalue weighted by molar-refractivity contribution is 5.83. The number of rotatable bonds is 3. The van der Waals surface area contributed by atoms with Gasteiger partial charge in [-0.1, -0.05) is 30.7 Å². The van der Waals surface area contributed by atoms with Crippen molar-refractivity contribution in [2.75, 3.05) is 0 Å². The fourth-order valence-electron chi connectivity index (χ4n) is 1.20. The summed E-state index contributed by atoms with van der Waals surface area (Å²) in [5.41, 5.74) is 2.27. The molecule has 0 bridgehead atoms. The van der Waals surface area contributed by atoms with E-state index in [1.54, 1.807) is 0 Å². The van der Waals surface area contributed by atoms with E-state index >= 15 is 0 Å². The quantitative estimate of drug-likeness (QED) is 0.596. The normalized spacial score (nSPS) is 16.3. The predicted octanol–water partition coefficient (Wildman–Crippen LogP) is 3.08. The van der Waals surface area contributed by atoms with Gasteiger partial charge in [0, 0.05) is 12.1 Å². The van der Waals surface area contributed by atoms with Crippen molar-refractivity contribution in [3.05, 3.63) is 23.8 Å². The topological polar surface area (TPSA) is 23.9 Å². The summed E-state index contributed by atoms with van der Waals surface area (Å²) in [6.07, 6.45) is 10.5. The minimum atomic E-state index is 0.853. The maximum atomic E-state index is 7.51. The number of allylic oxidation sites excluding steroid dienone is 4. The molecule has 11 heavy (non-hydrogen) atoms. The zero-order chi connectivity index (χ0) is 8.10. The van der Waals surface area contributed by atoms with Gasteiger partial charge >= 0.3 is 0 Å². The summed E-state index contributed by atoms with van der Waals surface area (Å²) in [7, 11) is 0. The van der Waals surface area contributed by atoms with Crippen molar-refractivity contribution in [2.24, 2.45) is 0 Å². The van der Waals surface area contributed by atoms with Gasteiger partial charge in [0.1, 0.15) is 0 Å². The molecule has 1 aliphatic rings. The molecular formula is C10H15N. The summed E-state index contributed by atoms with van der Waals surface area (Å²) in [5.74, 6) is 0. The molecule has 0 amide bonds. The molecule has 0 spiro atoms. The molecule has 0 heterocycles. The Morgan fingerprint density at radius 1 is 1.64 bits per heavy atom. The zero-order valence-electron chi connectivity index (χ0n) is 7.06. The number of nitrogens with one attached hydrogen (secondary N) is 1. The number of hydrogen-bond donors (Lipinski definition) is 1. The van der Waals surface area contributed by atoms with Gasteiger partial charge in [-0.3, -0.25) is 0 Å². The smallest absolute Gasteiger partial charge is 0.0127 e. The molecule has 0 aromatic carbocycles. The van der Waals surface area contributed by atoms with Crippen LogP contribution in [-0.4, -0.2) is 5.71 Å². The van der Waals surface area contributed by atoms with Gasteiger partial charge in [-0.2, -0.15) is 0 Å². The van der Waals surface area contributed by atoms with Crippen LogP contribution in [0.2, 0.25) is 0 Å². The minimum Gasteiger partial charge on any atom is -0.309 e. The lowest BCUT2D eigenvalue weighted by Gasteiger charge is -2.07. The fraction of sp³-hybridized carbons (Fsp3) is 0.500. The molecule has 0 aliphatic heterocycles. The molecule has 0 aromatic heterocycles. The zero-order valence-corrected chi connectivity index (χ0v) is 7.06. The van der Waals surface area contributed by atoms with E-state index in [0.29, 0.717) is 0 Å². The Balaban J connectivity index is 2.42. The molecule has 1 aliphatic carbocycles. The van der Waals surface area contributed by atoms with Crippen molar-refractivity contribution in [3.63, 3.8) is 0 Å². The van der Waals surface area contributed by atoms with E-state index in [1.807, 2.05) is 6.92 Å². The summed E-state index contributed by atoms with van der Waals surface area (Å²) >= 11 is 0. The van der Waals surface area contributed by atoms with Crippen molar-refractivity contribution in [2.45, 2.75) is 32.6 Å². The Kier molecular flexibility index (Phi) is 3.09. The Labute approximate surface area is 68.3 Å². The highest BCUT2D eigenvalue weighted by Gasteiger charge is 2.01. The molecule has 0 saturated heterocycles.